The summed E-state index contributed by atoms with van der Waals surface area (Å²) < 4.78 is 10.8. The lowest BCUT2D eigenvalue weighted by atomic mass is 10.00. The van der Waals surface area contributed by atoms with Gasteiger partial charge in [0, 0.05) is 11.6 Å². The van der Waals surface area contributed by atoms with Crippen LogP contribution in [0.3, 0.4) is 0 Å². The van der Waals surface area contributed by atoms with Crippen LogP contribution in [0.5, 0.6) is 0 Å². The van der Waals surface area contributed by atoms with Crippen LogP contribution in [-0.4, -0.2) is 23.4 Å². The molecule has 0 unspecified atom stereocenters. The van der Waals surface area contributed by atoms with E-state index in [1.54, 1.807) is 6.08 Å². The van der Waals surface area contributed by atoms with Crippen molar-refractivity contribution in [3.8, 4) is 0 Å². The van der Waals surface area contributed by atoms with E-state index in [9.17, 15) is 10.2 Å². The number of aliphatic hydroxyl groups is 2. The first-order valence-corrected chi connectivity index (χ1v) is 5.74. The lowest BCUT2D eigenvalue weighted by molar-refractivity contribution is 0.201. The van der Waals surface area contributed by atoms with Crippen molar-refractivity contribution in [3.63, 3.8) is 0 Å². The molecule has 2 N–H and O–H groups in total. The van der Waals surface area contributed by atoms with Gasteiger partial charge in [0.15, 0.2) is 0 Å². The van der Waals surface area contributed by atoms with Gasteiger partial charge in [-0.25, -0.2) is 0 Å². The van der Waals surface area contributed by atoms with E-state index in [2.05, 4.69) is 0 Å². The molecule has 2 aliphatic heterocycles. The maximum atomic E-state index is 9.93. The molecule has 0 spiro atoms. The van der Waals surface area contributed by atoms with E-state index in [1.165, 1.54) is 12.3 Å². The molecule has 0 bridgehead atoms. The Morgan fingerprint density at radius 2 is 2.06 bits per heavy atom. The summed E-state index contributed by atoms with van der Waals surface area (Å²) >= 11 is 0. The number of allylic oxidation sites excluding steroid dienone is 2. The van der Waals surface area contributed by atoms with Crippen LogP contribution in [0.2, 0.25) is 0 Å². The van der Waals surface area contributed by atoms with Crippen molar-refractivity contribution < 1.29 is 19.7 Å². The quantitative estimate of drug-likeness (QED) is 0.770. The Kier molecular flexibility index (Phi) is 2.35. The first kappa shape index (κ1) is 10.3. The van der Waals surface area contributed by atoms with Gasteiger partial charge in [-0.2, -0.15) is 0 Å². The second-order valence-electron chi connectivity index (χ2n) is 4.39. The molecule has 1 saturated carbocycles. The highest BCUT2D eigenvalue weighted by Gasteiger charge is 2.35. The van der Waals surface area contributed by atoms with Crippen LogP contribution in [0.25, 0.3) is 0 Å². The smallest absolute Gasteiger partial charge is 0.137 e. The molecule has 4 heteroatoms. The Hall–Kier alpha value is -1.84. The fraction of sp³-hybridized carbons (Fsp3) is 0.385. The van der Waals surface area contributed by atoms with Crippen LogP contribution in [0.4, 0.5) is 0 Å². The zero-order valence-electron chi connectivity index (χ0n) is 9.35. The SMILES string of the molecule is OC1=CCOC(C2=C(O)C=COC2)=C1C1CC1. The summed E-state index contributed by atoms with van der Waals surface area (Å²) in [7, 11) is 0. The average molecular weight is 234 g/mol. The molecular formula is C13H14O4. The molecule has 3 aliphatic rings. The van der Waals surface area contributed by atoms with E-state index in [1.807, 2.05) is 0 Å². The van der Waals surface area contributed by atoms with Gasteiger partial charge in [0.25, 0.3) is 0 Å². The molecule has 1 fully saturated rings. The van der Waals surface area contributed by atoms with Gasteiger partial charge in [0.05, 0.1) is 11.8 Å². The van der Waals surface area contributed by atoms with Gasteiger partial charge < -0.3 is 19.7 Å². The predicted octanol–water partition coefficient (Wildman–Crippen LogP) is 2.48. The number of hydrogen-bond acceptors (Lipinski definition) is 4. The van der Waals surface area contributed by atoms with Crippen molar-refractivity contribution in [1.29, 1.82) is 0 Å². The minimum atomic E-state index is 0.152. The fourth-order valence-corrected chi connectivity index (χ4v) is 2.12. The molecule has 3 rings (SSSR count). The van der Waals surface area contributed by atoms with Crippen molar-refractivity contribution in [2.75, 3.05) is 13.2 Å². The monoisotopic (exact) mass is 234 g/mol. The van der Waals surface area contributed by atoms with Crippen molar-refractivity contribution in [1.82, 2.24) is 0 Å². The van der Waals surface area contributed by atoms with Crippen LogP contribution in [0.15, 0.2) is 46.8 Å². The summed E-state index contributed by atoms with van der Waals surface area (Å²) in [6, 6.07) is 0. The summed E-state index contributed by atoms with van der Waals surface area (Å²) in [5, 5.41) is 19.8. The summed E-state index contributed by atoms with van der Waals surface area (Å²) in [4.78, 5) is 0. The number of rotatable bonds is 2. The Bertz CT molecular complexity index is 464. The van der Waals surface area contributed by atoms with E-state index in [0.29, 0.717) is 23.9 Å². The molecule has 17 heavy (non-hydrogen) atoms. The van der Waals surface area contributed by atoms with E-state index in [-0.39, 0.29) is 18.1 Å². The molecule has 0 atom stereocenters. The zero-order chi connectivity index (χ0) is 11.8. The second-order valence-corrected chi connectivity index (χ2v) is 4.39. The zero-order valence-corrected chi connectivity index (χ0v) is 9.35. The lowest BCUT2D eigenvalue weighted by Gasteiger charge is -2.23. The van der Waals surface area contributed by atoms with Crippen molar-refractivity contribution >= 4 is 0 Å². The third-order valence-electron chi connectivity index (χ3n) is 3.14. The summed E-state index contributed by atoms with van der Waals surface area (Å²) in [5.41, 5.74) is 1.44. The maximum absolute atomic E-state index is 9.93. The standard InChI is InChI=1S/C13H14O4/c14-10-3-5-16-7-9(10)13-12(8-1-2-8)11(15)4-6-17-13/h3-5,8,14-15H,1-2,6-7H2. The third kappa shape index (κ3) is 1.79. The van der Waals surface area contributed by atoms with E-state index in [0.717, 1.165) is 18.4 Å². The Morgan fingerprint density at radius 3 is 2.76 bits per heavy atom. The highest BCUT2D eigenvalue weighted by atomic mass is 16.5. The van der Waals surface area contributed by atoms with Crippen molar-refractivity contribution in [2.24, 2.45) is 5.92 Å². The molecular weight excluding hydrogens is 220 g/mol. The minimum Gasteiger partial charge on any atom is -0.508 e. The topological polar surface area (TPSA) is 58.9 Å². The van der Waals surface area contributed by atoms with Gasteiger partial charge in [-0.05, 0) is 24.8 Å². The molecule has 2 heterocycles. The number of ether oxygens (including phenoxy) is 2. The van der Waals surface area contributed by atoms with Gasteiger partial charge in [-0.15, -0.1) is 0 Å². The molecule has 0 saturated heterocycles. The lowest BCUT2D eigenvalue weighted by Crippen LogP contribution is -2.15. The normalized spacial score (nSPS) is 24.4. The summed E-state index contributed by atoms with van der Waals surface area (Å²) in [5.74, 6) is 1.38. The first-order chi connectivity index (χ1) is 8.27. The Morgan fingerprint density at radius 1 is 1.24 bits per heavy atom. The van der Waals surface area contributed by atoms with Gasteiger partial charge in [-0.3, -0.25) is 0 Å². The highest BCUT2D eigenvalue weighted by Crippen LogP contribution is 2.44. The van der Waals surface area contributed by atoms with Gasteiger partial charge in [0.2, 0.25) is 0 Å². The largest absolute Gasteiger partial charge is 0.508 e. The van der Waals surface area contributed by atoms with Crippen LogP contribution < -0.4 is 0 Å². The fourth-order valence-electron chi connectivity index (χ4n) is 2.12. The first-order valence-electron chi connectivity index (χ1n) is 5.74. The molecule has 0 aromatic rings. The van der Waals surface area contributed by atoms with Gasteiger partial charge >= 0.3 is 0 Å². The molecule has 90 valence electrons. The maximum Gasteiger partial charge on any atom is 0.137 e. The number of aliphatic hydroxyl groups excluding tert-OH is 2. The Labute approximate surface area is 99.2 Å². The van der Waals surface area contributed by atoms with E-state index < -0.39 is 0 Å². The average Bonchev–Trinajstić information content (AvgIpc) is 3.13. The van der Waals surface area contributed by atoms with Gasteiger partial charge in [0.1, 0.15) is 30.5 Å². The third-order valence-corrected chi connectivity index (χ3v) is 3.14. The molecule has 0 radical (unpaired) electrons. The van der Waals surface area contributed by atoms with Gasteiger partial charge in [-0.1, -0.05) is 0 Å². The van der Waals surface area contributed by atoms with Crippen molar-refractivity contribution in [3.05, 3.63) is 46.8 Å². The van der Waals surface area contributed by atoms with Crippen molar-refractivity contribution in [2.45, 2.75) is 12.8 Å². The molecule has 1 aliphatic carbocycles. The minimum absolute atomic E-state index is 0.152. The Balaban J connectivity index is 2.07. The van der Waals surface area contributed by atoms with Crippen LogP contribution >= 0.6 is 0 Å². The van der Waals surface area contributed by atoms with Crippen LogP contribution in [0.1, 0.15) is 12.8 Å². The van der Waals surface area contributed by atoms with E-state index >= 15 is 0 Å². The predicted molar refractivity (Wildman–Crippen MR) is 61.2 cm³/mol. The summed E-state index contributed by atoms with van der Waals surface area (Å²) in [6.45, 7) is 0.610. The number of hydrogen-bond donors (Lipinski definition) is 2. The summed E-state index contributed by atoms with van der Waals surface area (Å²) in [6.07, 6.45) is 6.73. The molecule has 0 aromatic heterocycles. The molecule has 0 amide bonds. The molecule has 4 nitrogen and oxygen atoms in total. The molecule has 0 aromatic carbocycles. The van der Waals surface area contributed by atoms with Crippen LogP contribution in [0, 0.1) is 5.92 Å². The highest BCUT2D eigenvalue weighted by molar-refractivity contribution is 5.47. The van der Waals surface area contributed by atoms with E-state index in [4.69, 9.17) is 9.47 Å². The van der Waals surface area contributed by atoms with Crippen LogP contribution in [-0.2, 0) is 9.47 Å². The second kappa shape index (κ2) is 3.87.